The van der Waals surface area contributed by atoms with Gasteiger partial charge in [-0.1, -0.05) is 24.3 Å². The van der Waals surface area contributed by atoms with E-state index in [9.17, 15) is 23.3 Å². The van der Waals surface area contributed by atoms with Gasteiger partial charge in [0.05, 0.1) is 27.6 Å². The zero-order valence-electron chi connectivity index (χ0n) is 38.0. The van der Waals surface area contributed by atoms with E-state index >= 15 is 0 Å². The number of aromatic nitrogens is 2. The standard InChI is InChI=1S/C50H59N9O7S/c1-55-20-21-57(46(32-55)40-5-3-2-4-39(40)34-6-7-34)37-29-50(30-37)15-18-56(19-16-50)36-8-10-41(43(27-36)58-22-25-66-49-45(58)26-35-12-17-51-47(35)53-49)48(60)54-67(63,64)38-9-11-42(44(28-38)59(61)62)52-31-33-13-23-65-24-14-33/h2-5,8-12,17,26-28,33-34,37,46,52H,6-7,13-16,18-25,29-32H2,1H3,(H,51,53)(H,54,60). The molecule has 2 saturated carbocycles. The molecule has 1 atom stereocenters. The van der Waals surface area contributed by atoms with Gasteiger partial charge in [0.1, 0.15) is 23.6 Å². The lowest BCUT2D eigenvalue weighted by atomic mass is 9.59. The average molecular weight is 930 g/mol. The van der Waals surface area contributed by atoms with Gasteiger partial charge in [-0.05, 0) is 129 Å². The van der Waals surface area contributed by atoms with Crippen LogP contribution in [0.5, 0.6) is 5.88 Å². The molecule has 67 heavy (non-hydrogen) atoms. The molecule has 3 aromatic carbocycles. The van der Waals surface area contributed by atoms with Crippen molar-refractivity contribution in [3.63, 3.8) is 0 Å². The number of piperidine rings is 1. The number of rotatable bonds is 12. The summed E-state index contributed by atoms with van der Waals surface area (Å²) in [5.41, 5.74) is 6.13. The molecule has 6 heterocycles. The number of piperazine rings is 1. The summed E-state index contributed by atoms with van der Waals surface area (Å²) in [7, 11) is -2.29. The van der Waals surface area contributed by atoms with Crippen LogP contribution in [-0.2, 0) is 14.8 Å². The van der Waals surface area contributed by atoms with Crippen LogP contribution >= 0.6 is 0 Å². The molecule has 1 spiro atoms. The van der Waals surface area contributed by atoms with Gasteiger partial charge in [-0.25, -0.2) is 13.1 Å². The maximum Gasteiger partial charge on any atom is 0.293 e. The number of benzene rings is 3. The smallest absolute Gasteiger partial charge is 0.293 e. The highest BCUT2D eigenvalue weighted by Gasteiger charge is 2.50. The number of nitrogens with zero attached hydrogens (tertiary/aromatic N) is 6. The molecule has 1 unspecified atom stereocenters. The van der Waals surface area contributed by atoms with Gasteiger partial charge in [0.2, 0.25) is 5.88 Å². The van der Waals surface area contributed by atoms with E-state index in [1.54, 1.807) is 11.6 Å². The Morgan fingerprint density at radius 2 is 1.70 bits per heavy atom. The number of H-pyrrole nitrogens is 1. The molecule has 5 fully saturated rings. The number of likely N-dealkylation sites (N-methyl/N-ethyl adjacent to an activating group) is 1. The first-order valence-corrected chi connectivity index (χ1v) is 25.5. The van der Waals surface area contributed by atoms with E-state index < -0.39 is 20.9 Å². The molecular weight excluding hydrogens is 871 g/mol. The maximum absolute atomic E-state index is 14.4. The predicted molar refractivity (Wildman–Crippen MR) is 257 cm³/mol. The normalized spacial score (nSPS) is 21.7. The number of nitro groups is 1. The number of pyridine rings is 1. The lowest BCUT2D eigenvalue weighted by Gasteiger charge is -2.58. The van der Waals surface area contributed by atoms with Crippen molar-refractivity contribution in [1.29, 1.82) is 0 Å². The molecule has 2 aliphatic carbocycles. The van der Waals surface area contributed by atoms with Crippen LogP contribution in [0.2, 0.25) is 0 Å². The third-order valence-corrected chi connectivity index (χ3v) is 16.8. The van der Waals surface area contributed by atoms with Crippen molar-refractivity contribution in [2.75, 3.05) is 87.8 Å². The van der Waals surface area contributed by atoms with Crippen molar-refractivity contribution in [2.45, 2.75) is 74.3 Å². The topological polar surface area (TPSA) is 179 Å². The molecule has 3 saturated heterocycles. The van der Waals surface area contributed by atoms with Gasteiger partial charge < -0.3 is 34.5 Å². The lowest BCUT2D eigenvalue weighted by molar-refractivity contribution is -0.384. The second kappa shape index (κ2) is 17.7. The van der Waals surface area contributed by atoms with Crippen molar-refractivity contribution < 1.29 is 27.6 Å². The Morgan fingerprint density at radius 1 is 0.910 bits per heavy atom. The SMILES string of the molecule is CN1CCN(C2CC3(CCN(c4ccc(C(=O)NS(=O)(=O)c5ccc(NCC6CCOCC6)c([N+](=O)[O-])c5)c(N5CCOc6nc7[nH]ccc7cc65)c4)CC3)C2)C(c2ccccc2C2CC2)C1. The number of ether oxygens (including phenoxy) is 2. The number of carbonyl (C=O) groups is 1. The van der Waals surface area contributed by atoms with E-state index in [4.69, 9.17) is 14.5 Å². The van der Waals surface area contributed by atoms with Crippen molar-refractivity contribution in [3.05, 3.63) is 106 Å². The van der Waals surface area contributed by atoms with Crippen LogP contribution < -0.4 is 24.6 Å². The van der Waals surface area contributed by atoms with Crippen LogP contribution in [0.25, 0.3) is 11.0 Å². The highest BCUT2D eigenvalue weighted by Crippen LogP contribution is 2.54. The fourth-order valence-corrected chi connectivity index (χ4v) is 12.4. The van der Waals surface area contributed by atoms with Crippen molar-refractivity contribution >= 4 is 55.4 Å². The Morgan fingerprint density at radius 3 is 2.48 bits per heavy atom. The zero-order valence-corrected chi connectivity index (χ0v) is 38.8. The van der Waals surface area contributed by atoms with Gasteiger partial charge >= 0.3 is 0 Å². The average Bonchev–Trinajstić information content (AvgIpc) is 4.08. The summed E-state index contributed by atoms with van der Waals surface area (Å²) in [6, 6.07) is 23.3. The van der Waals surface area contributed by atoms with Crippen LogP contribution in [0, 0.1) is 21.4 Å². The van der Waals surface area contributed by atoms with Gasteiger partial charge in [-0.15, -0.1) is 0 Å². The van der Waals surface area contributed by atoms with Crippen LogP contribution in [0.3, 0.4) is 0 Å². The van der Waals surface area contributed by atoms with E-state index in [1.165, 1.54) is 43.4 Å². The summed E-state index contributed by atoms with van der Waals surface area (Å²) in [4.78, 5) is 43.1. The summed E-state index contributed by atoms with van der Waals surface area (Å²) in [5, 5.41) is 16.2. The largest absolute Gasteiger partial charge is 0.474 e. The summed E-state index contributed by atoms with van der Waals surface area (Å²) in [6.45, 7) is 7.42. The van der Waals surface area contributed by atoms with E-state index in [0.717, 1.165) is 75.5 Å². The number of hydrogen-bond acceptors (Lipinski definition) is 13. The number of sulfonamides is 1. The molecule has 4 aliphatic heterocycles. The molecule has 1 amide bonds. The van der Waals surface area contributed by atoms with Crippen LogP contribution in [0.1, 0.15) is 84.8 Å². The number of amides is 1. The highest BCUT2D eigenvalue weighted by molar-refractivity contribution is 7.90. The van der Waals surface area contributed by atoms with Crippen molar-refractivity contribution in [1.82, 2.24) is 24.5 Å². The fourth-order valence-electron chi connectivity index (χ4n) is 11.5. The fraction of sp³-hybridized carbons (Fsp3) is 0.480. The van der Waals surface area contributed by atoms with Crippen LogP contribution in [0.15, 0.2) is 83.9 Å². The summed E-state index contributed by atoms with van der Waals surface area (Å²) in [5.74, 6) is 0.549. The highest BCUT2D eigenvalue weighted by atomic mass is 32.2. The third kappa shape index (κ3) is 8.70. The molecule has 0 radical (unpaired) electrons. The van der Waals surface area contributed by atoms with Crippen molar-refractivity contribution in [3.8, 4) is 5.88 Å². The first-order chi connectivity index (χ1) is 32.5. The van der Waals surface area contributed by atoms with Gasteiger partial charge in [0, 0.05) is 87.9 Å². The van der Waals surface area contributed by atoms with E-state index in [1.807, 2.05) is 35.4 Å². The number of aromatic amines is 1. The summed E-state index contributed by atoms with van der Waals surface area (Å²) < 4.78 is 41.6. The van der Waals surface area contributed by atoms with Crippen LogP contribution in [-0.4, -0.2) is 118 Å². The number of anilines is 4. The Kier molecular flexibility index (Phi) is 11.6. The van der Waals surface area contributed by atoms with Gasteiger partial charge in [-0.3, -0.25) is 19.8 Å². The van der Waals surface area contributed by atoms with E-state index in [0.29, 0.717) is 79.2 Å². The molecule has 5 aromatic rings. The molecule has 352 valence electrons. The first kappa shape index (κ1) is 43.8. The number of nitro benzene ring substituents is 1. The monoisotopic (exact) mass is 929 g/mol. The number of carbonyl (C=O) groups excluding carboxylic acids is 1. The Labute approximate surface area is 391 Å². The van der Waals surface area contributed by atoms with Gasteiger partial charge in [0.25, 0.3) is 21.6 Å². The molecule has 3 N–H and O–H groups in total. The molecular formula is C50H59N9O7S. The molecule has 11 rings (SSSR count). The number of nitrogens with one attached hydrogen (secondary N) is 3. The van der Waals surface area contributed by atoms with E-state index in [2.05, 4.69) is 61.0 Å². The van der Waals surface area contributed by atoms with Crippen molar-refractivity contribution in [2.24, 2.45) is 11.3 Å². The van der Waals surface area contributed by atoms with Gasteiger partial charge in [-0.2, -0.15) is 4.98 Å². The Balaban J connectivity index is 0.831. The molecule has 2 aromatic heterocycles. The minimum atomic E-state index is -4.55. The minimum Gasteiger partial charge on any atom is -0.474 e. The quantitative estimate of drug-likeness (QED) is 0.0825. The number of hydrogen-bond donors (Lipinski definition) is 3. The molecule has 6 aliphatic rings. The Bertz CT molecular complexity index is 2790. The van der Waals surface area contributed by atoms with Gasteiger partial charge in [0.15, 0.2) is 0 Å². The van der Waals surface area contributed by atoms with E-state index in [-0.39, 0.29) is 27.8 Å². The Hall–Kier alpha value is -5.75. The second-order valence-electron chi connectivity index (χ2n) is 19.7. The third-order valence-electron chi connectivity index (χ3n) is 15.5. The molecule has 17 heteroatoms. The van der Waals surface area contributed by atoms with Crippen LogP contribution in [0.4, 0.5) is 28.4 Å². The minimum absolute atomic E-state index is 0.138. The first-order valence-electron chi connectivity index (χ1n) is 24.0. The second-order valence-corrected chi connectivity index (χ2v) is 21.4. The maximum atomic E-state index is 14.4. The lowest BCUT2D eigenvalue weighted by Crippen LogP contribution is -2.59. The zero-order chi connectivity index (χ0) is 45.9. The molecule has 16 nitrogen and oxygen atoms in total. The number of fused-ring (bicyclic) bond motifs is 2. The predicted octanol–water partition coefficient (Wildman–Crippen LogP) is 7.57. The summed E-state index contributed by atoms with van der Waals surface area (Å²) >= 11 is 0. The molecule has 0 bridgehead atoms. The summed E-state index contributed by atoms with van der Waals surface area (Å²) in [6.07, 6.45) is 10.6.